The number of amides is 1. The van der Waals surface area contributed by atoms with Crippen LogP contribution in [-0.2, 0) is 9.53 Å². The SMILES string of the molecule is COCC(=O)N1N=C(c2c(C)nc3ccccc3c2-c2ccccc2)C[C@H]1c1cccc(C)c1. The molecule has 0 radical (unpaired) electrons. The molecule has 0 N–H and O–H groups in total. The minimum atomic E-state index is -0.188. The molecule has 1 atom stereocenters. The largest absolute Gasteiger partial charge is 0.375 e. The Kier molecular flexibility index (Phi) is 5.95. The molecular formula is C29H27N3O2. The third-order valence-electron chi connectivity index (χ3n) is 6.29. The van der Waals surface area contributed by atoms with Crippen molar-refractivity contribution in [2.24, 2.45) is 5.10 Å². The number of carbonyl (C=O) groups excluding carboxylic acids is 1. The number of ether oxygens (including phenoxy) is 1. The first-order chi connectivity index (χ1) is 16.6. The number of aryl methyl sites for hydroxylation is 2. The van der Waals surface area contributed by atoms with Crippen LogP contribution in [0.2, 0.25) is 0 Å². The van der Waals surface area contributed by atoms with Gasteiger partial charge in [0.1, 0.15) is 6.61 Å². The summed E-state index contributed by atoms with van der Waals surface area (Å²) in [5.74, 6) is -0.156. The Bertz CT molecular complexity index is 1400. The minimum Gasteiger partial charge on any atom is -0.375 e. The highest BCUT2D eigenvalue weighted by molar-refractivity contribution is 6.14. The van der Waals surface area contributed by atoms with Crippen LogP contribution in [-0.4, -0.2) is 35.3 Å². The summed E-state index contributed by atoms with van der Waals surface area (Å²) in [6, 6.07) is 26.6. The molecule has 5 nitrogen and oxygen atoms in total. The summed E-state index contributed by atoms with van der Waals surface area (Å²) in [4.78, 5) is 17.9. The van der Waals surface area contributed by atoms with E-state index >= 15 is 0 Å². The maximum Gasteiger partial charge on any atom is 0.269 e. The van der Waals surface area contributed by atoms with Crippen molar-refractivity contribution < 1.29 is 9.53 Å². The Labute approximate surface area is 199 Å². The Hall–Kier alpha value is -3.83. The summed E-state index contributed by atoms with van der Waals surface area (Å²) in [6.07, 6.45) is 0.611. The van der Waals surface area contributed by atoms with Gasteiger partial charge in [-0.05, 0) is 31.0 Å². The van der Waals surface area contributed by atoms with Gasteiger partial charge in [-0.1, -0.05) is 78.4 Å². The van der Waals surface area contributed by atoms with Crippen LogP contribution in [0.5, 0.6) is 0 Å². The maximum absolute atomic E-state index is 13.0. The van der Waals surface area contributed by atoms with Crippen molar-refractivity contribution in [3.05, 3.63) is 101 Å². The zero-order valence-corrected chi connectivity index (χ0v) is 19.7. The zero-order valence-electron chi connectivity index (χ0n) is 19.7. The highest BCUT2D eigenvalue weighted by Crippen LogP contribution is 2.39. The van der Waals surface area contributed by atoms with Crippen LogP contribution in [0.25, 0.3) is 22.0 Å². The molecule has 0 spiro atoms. The van der Waals surface area contributed by atoms with E-state index in [0.717, 1.165) is 50.1 Å². The molecule has 5 rings (SSSR count). The number of carbonyl (C=O) groups is 1. The van der Waals surface area contributed by atoms with Crippen LogP contribution in [0.15, 0.2) is 84.0 Å². The standard InChI is InChI=1S/C29H27N3O2/c1-19-10-9-13-22(16-19)26-17-25(31-32(26)27(33)18-34-3)28-20(2)30-24-15-8-7-14-23(24)29(28)21-11-5-4-6-12-21/h4-16,26H,17-18H2,1-3H3/t26-/m0/s1. The van der Waals surface area contributed by atoms with Crippen molar-refractivity contribution >= 4 is 22.5 Å². The van der Waals surface area contributed by atoms with E-state index in [0.29, 0.717) is 6.42 Å². The smallest absolute Gasteiger partial charge is 0.269 e. The van der Waals surface area contributed by atoms with E-state index in [9.17, 15) is 4.79 Å². The number of para-hydroxylation sites is 1. The first kappa shape index (κ1) is 22.0. The lowest BCUT2D eigenvalue weighted by Crippen LogP contribution is -2.30. The quantitative estimate of drug-likeness (QED) is 0.384. The summed E-state index contributed by atoms with van der Waals surface area (Å²) >= 11 is 0. The van der Waals surface area contributed by atoms with Crippen molar-refractivity contribution in [3.8, 4) is 11.1 Å². The average molecular weight is 450 g/mol. The number of hydrogen-bond donors (Lipinski definition) is 0. The van der Waals surface area contributed by atoms with E-state index in [1.165, 1.54) is 7.11 Å². The molecule has 5 heteroatoms. The van der Waals surface area contributed by atoms with Crippen LogP contribution in [0.3, 0.4) is 0 Å². The molecule has 1 amide bonds. The Morgan fingerprint density at radius 2 is 1.74 bits per heavy atom. The van der Waals surface area contributed by atoms with Gasteiger partial charge in [0.05, 0.1) is 17.3 Å². The molecule has 4 aromatic rings. The summed E-state index contributed by atoms with van der Waals surface area (Å²) in [6.45, 7) is 4.07. The van der Waals surface area contributed by atoms with Gasteiger partial charge in [-0.2, -0.15) is 5.10 Å². The third kappa shape index (κ3) is 3.99. The van der Waals surface area contributed by atoms with Gasteiger partial charge in [-0.3, -0.25) is 9.78 Å². The summed E-state index contributed by atoms with van der Waals surface area (Å²) in [7, 11) is 1.53. The second-order valence-corrected chi connectivity index (χ2v) is 8.68. The number of methoxy groups -OCH3 is 1. The van der Waals surface area contributed by atoms with E-state index < -0.39 is 0 Å². The molecule has 0 saturated carbocycles. The lowest BCUT2D eigenvalue weighted by Gasteiger charge is -2.22. The predicted molar refractivity (Wildman–Crippen MR) is 136 cm³/mol. The molecule has 2 heterocycles. The predicted octanol–water partition coefficient (Wildman–Crippen LogP) is 5.84. The van der Waals surface area contributed by atoms with Gasteiger partial charge < -0.3 is 4.74 Å². The minimum absolute atomic E-state index is 0.0143. The Morgan fingerprint density at radius 1 is 0.971 bits per heavy atom. The molecule has 1 aliphatic rings. The third-order valence-corrected chi connectivity index (χ3v) is 6.29. The summed E-state index contributed by atoms with van der Waals surface area (Å²) in [5, 5.41) is 7.57. The van der Waals surface area contributed by atoms with Crippen LogP contribution in [0.4, 0.5) is 0 Å². The molecular weight excluding hydrogens is 422 g/mol. The van der Waals surface area contributed by atoms with Crippen LogP contribution < -0.4 is 0 Å². The van der Waals surface area contributed by atoms with Crippen LogP contribution >= 0.6 is 0 Å². The van der Waals surface area contributed by atoms with Gasteiger partial charge in [0.25, 0.3) is 5.91 Å². The highest BCUT2D eigenvalue weighted by atomic mass is 16.5. The highest BCUT2D eigenvalue weighted by Gasteiger charge is 2.35. The number of nitrogens with zero attached hydrogens (tertiary/aromatic N) is 3. The topological polar surface area (TPSA) is 54.8 Å². The molecule has 3 aromatic carbocycles. The van der Waals surface area contributed by atoms with Gasteiger partial charge in [0.2, 0.25) is 0 Å². The van der Waals surface area contributed by atoms with E-state index in [1.54, 1.807) is 5.01 Å². The van der Waals surface area contributed by atoms with Crippen molar-refractivity contribution in [2.45, 2.75) is 26.3 Å². The van der Waals surface area contributed by atoms with Gasteiger partial charge in [0, 0.05) is 35.7 Å². The van der Waals surface area contributed by atoms with E-state index in [4.69, 9.17) is 14.8 Å². The Morgan fingerprint density at radius 3 is 2.50 bits per heavy atom. The molecule has 170 valence electrons. The Balaban J connectivity index is 1.71. The fraction of sp³-hybridized carbons (Fsp3) is 0.207. The monoisotopic (exact) mass is 449 g/mol. The first-order valence-electron chi connectivity index (χ1n) is 11.5. The lowest BCUT2D eigenvalue weighted by atomic mass is 9.89. The number of pyridine rings is 1. The number of benzene rings is 3. The van der Waals surface area contributed by atoms with Crippen molar-refractivity contribution in [3.63, 3.8) is 0 Å². The van der Waals surface area contributed by atoms with Crippen LogP contribution in [0.1, 0.15) is 34.8 Å². The van der Waals surface area contributed by atoms with Gasteiger partial charge in [-0.25, -0.2) is 5.01 Å². The normalized spacial score (nSPS) is 15.6. The number of rotatable bonds is 5. The number of hydrogen-bond acceptors (Lipinski definition) is 4. The van der Waals surface area contributed by atoms with Gasteiger partial charge in [-0.15, -0.1) is 0 Å². The van der Waals surface area contributed by atoms with E-state index in [1.807, 2.05) is 49.4 Å². The molecule has 0 bridgehead atoms. The summed E-state index contributed by atoms with van der Waals surface area (Å²) in [5.41, 5.74) is 8.14. The second kappa shape index (κ2) is 9.20. The number of fused-ring (bicyclic) bond motifs is 1. The fourth-order valence-electron chi connectivity index (χ4n) is 4.81. The van der Waals surface area contributed by atoms with E-state index in [-0.39, 0.29) is 18.6 Å². The van der Waals surface area contributed by atoms with Crippen molar-refractivity contribution in [1.82, 2.24) is 9.99 Å². The zero-order chi connectivity index (χ0) is 23.7. The van der Waals surface area contributed by atoms with Gasteiger partial charge >= 0.3 is 0 Å². The van der Waals surface area contributed by atoms with Crippen molar-refractivity contribution in [1.29, 1.82) is 0 Å². The summed E-state index contributed by atoms with van der Waals surface area (Å²) < 4.78 is 5.17. The average Bonchev–Trinajstić information content (AvgIpc) is 3.29. The molecule has 0 saturated heterocycles. The number of aromatic nitrogens is 1. The van der Waals surface area contributed by atoms with E-state index in [2.05, 4.69) is 43.3 Å². The second-order valence-electron chi connectivity index (χ2n) is 8.68. The molecule has 0 fully saturated rings. The lowest BCUT2D eigenvalue weighted by molar-refractivity contribution is -0.137. The maximum atomic E-state index is 13.0. The van der Waals surface area contributed by atoms with Gasteiger partial charge in [0.15, 0.2) is 0 Å². The first-order valence-corrected chi connectivity index (χ1v) is 11.5. The molecule has 1 aliphatic heterocycles. The number of hydrazone groups is 1. The molecule has 0 unspecified atom stereocenters. The van der Waals surface area contributed by atoms with Crippen molar-refractivity contribution in [2.75, 3.05) is 13.7 Å². The molecule has 34 heavy (non-hydrogen) atoms. The fourth-order valence-corrected chi connectivity index (χ4v) is 4.81. The molecule has 0 aliphatic carbocycles. The molecule has 1 aromatic heterocycles. The van der Waals surface area contributed by atoms with Crippen LogP contribution in [0, 0.1) is 13.8 Å².